The average molecular weight is 279 g/mol. The van der Waals surface area contributed by atoms with Gasteiger partial charge in [-0.25, -0.2) is 0 Å². The summed E-state index contributed by atoms with van der Waals surface area (Å²) in [5, 5.41) is 4.79. The van der Waals surface area contributed by atoms with E-state index in [0.717, 1.165) is 11.3 Å². The van der Waals surface area contributed by atoms with E-state index in [0.29, 0.717) is 6.04 Å². The van der Waals surface area contributed by atoms with Crippen molar-refractivity contribution in [3.63, 3.8) is 0 Å². The van der Waals surface area contributed by atoms with E-state index < -0.39 is 0 Å². The molecule has 1 aromatic carbocycles. The van der Waals surface area contributed by atoms with E-state index in [1.54, 1.807) is 0 Å². The standard InChI is InChI=1S/C15H21NS2/c1-2-17-12-8-7-11(9-12)16-14-10-18-15-6-4-3-5-13(14)15/h3-6,11-12,14,16H,2,7-10H2,1H3. The highest BCUT2D eigenvalue weighted by Crippen LogP contribution is 2.39. The summed E-state index contributed by atoms with van der Waals surface area (Å²) < 4.78 is 0. The largest absolute Gasteiger partial charge is 0.306 e. The normalized spacial score (nSPS) is 30.6. The van der Waals surface area contributed by atoms with E-state index in [1.165, 1.54) is 41.2 Å². The van der Waals surface area contributed by atoms with E-state index in [2.05, 4.69) is 48.3 Å². The molecule has 3 heteroatoms. The van der Waals surface area contributed by atoms with Crippen LogP contribution in [-0.4, -0.2) is 22.8 Å². The molecule has 3 rings (SSSR count). The van der Waals surface area contributed by atoms with Crippen molar-refractivity contribution >= 4 is 23.5 Å². The van der Waals surface area contributed by atoms with Crippen LogP contribution in [0.5, 0.6) is 0 Å². The monoisotopic (exact) mass is 279 g/mol. The van der Waals surface area contributed by atoms with E-state index in [1.807, 2.05) is 11.8 Å². The van der Waals surface area contributed by atoms with Crippen molar-refractivity contribution in [2.75, 3.05) is 11.5 Å². The highest BCUT2D eigenvalue weighted by Gasteiger charge is 2.29. The zero-order valence-electron chi connectivity index (χ0n) is 10.9. The molecule has 1 aliphatic carbocycles. The lowest BCUT2D eigenvalue weighted by Crippen LogP contribution is -2.31. The van der Waals surface area contributed by atoms with Crippen LogP contribution in [0.4, 0.5) is 0 Å². The Labute approximate surface area is 119 Å². The Balaban J connectivity index is 1.59. The van der Waals surface area contributed by atoms with Gasteiger partial charge in [0.2, 0.25) is 0 Å². The molecule has 1 aromatic rings. The van der Waals surface area contributed by atoms with Gasteiger partial charge in [-0.15, -0.1) is 11.8 Å². The first-order chi connectivity index (χ1) is 8.86. The first kappa shape index (κ1) is 12.9. The van der Waals surface area contributed by atoms with Crippen LogP contribution in [-0.2, 0) is 0 Å². The number of hydrogen-bond acceptors (Lipinski definition) is 3. The molecule has 1 heterocycles. The van der Waals surface area contributed by atoms with Crippen molar-refractivity contribution in [3.05, 3.63) is 29.8 Å². The van der Waals surface area contributed by atoms with Gasteiger partial charge in [0.25, 0.3) is 0 Å². The molecule has 1 N–H and O–H groups in total. The zero-order chi connectivity index (χ0) is 12.4. The molecule has 3 unspecified atom stereocenters. The van der Waals surface area contributed by atoms with Crippen molar-refractivity contribution in [1.29, 1.82) is 0 Å². The van der Waals surface area contributed by atoms with E-state index in [9.17, 15) is 0 Å². The number of rotatable bonds is 4. The van der Waals surface area contributed by atoms with Crippen LogP contribution < -0.4 is 5.32 Å². The Bertz CT molecular complexity index is 407. The summed E-state index contributed by atoms with van der Waals surface area (Å²) >= 11 is 4.14. The maximum absolute atomic E-state index is 3.89. The maximum atomic E-state index is 3.89. The first-order valence-electron chi connectivity index (χ1n) is 6.96. The third-order valence-electron chi connectivity index (χ3n) is 3.92. The van der Waals surface area contributed by atoms with E-state index in [-0.39, 0.29) is 0 Å². The molecule has 3 atom stereocenters. The predicted molar refractivity (Wildman–Crippen MR) is 82.6 cm³/mol. The molecule has 0 bridgehead atoms. The lowest BCUT2D eigenvalue weighted by atomic mass is 10.1. The van der Waals surface area contributed by atoms with Crippen LogP contribution in [0, 0.1) is 0 Å². The Morgan fingerprint density at radius 3 is 3.11 bits per heavy atom. The Hall–Kier alpha value is -0.120. The van der Waals surface area contributed by atoms with Crippen molar-refractivity contribution in [3.8, 4) is 0 Å². The molecule has 1 aliphatic heterocycles. The summed E-state index contributed by atoms with van der Waals surface area (Å²) in [6.07, 6.45) is 4.13. The summed E-state index contributed by atoms with van der Waals surface area (Å²) in [6.45, 7) is 2.27. The quantitative estimate of drug-likeness (QED) is 0.891. The molecule has 98 valence electrons. The van der Waals surface area contributed by atoms with Crippen LogP contribution in [0.3, 0.4) is 0 Å². The summed E-state index contributed by atoms with van der Waals surface area (Å²) in [6, 6.07) is 10.2. The van der Waals surface area contributed by atoms with Gasteiger partial charge < -0.3 is 5.32 Å². The second kappa shape index (κ2) is 5.89. The number of nitrogens with one attached hydrogen (secondary N) is 1. The molecule has 0 radical (unpaired) electrons. The smallest absolute Gasteiger partial charge is 0.0428 e. The summed E-state index contributed by atoms with van der Waals surface area (Å²) in [5.41, 5.74) is 1.52. The minimum atomic E-state index is 0.585. The Morgan fingerprint density at radius 2 is 2.22 bits per heavy atom. The molecular weight excluding hydrogens is 258 g/mol. The number of fused-ring (bicyclic) bond motifs is 1. The first-order valence-corrected chi connectivity index (χ1v) is 8.99. The van der Waals surface area contributed by atoms with Crippen molar-refractivity contribution in [1.82, 2.24) is 5.32 Å². The fraction of sp³-hybridized carbons (Fsp3) is 0.600. The van der Waals surface area contributed by atoms with Gasteiger partial charge in [0.1, 0.15) is 0 Å². The van der Waals surface area contributed by atoms with E-state index >= 15 is 0 Å². The molecule has 0 aromatic heterocycles. The molecule has 1 nitrogen and oxygen atoms in total. The molecule has 0 amide bonds. The highest BCUT2D eigenvalue weighted by molar-refractivity contribution is 8.00. The van der Waals surface area contributed by atoms with Crippen LogP contribution in [0.15, 0.2) is 29.2 Å². The van der Waals surface area contributed by atoms with Gasteiger partial charge in [0.05, 0.1) is 0 Å². The fourth-order valence-electron chi connectivity index (χ4n) is 3.06. The molecule has 18 heavy (non-hydrogen) atoms. The van der Waals surface area contributed by atoms with Gasteiger partial charge in [-0.3, -0.25) is 0 Å². The summed E-state index contributed by atoms with van der Waals surface area (Å²) in [4.78, 5) is 1.48. The number of hydrogen-bond donors (Lipinski definition) is 1. The second-order valence-electron chi connectivity index (χ2n) is 5.16. The minimum Gasteiger partial charge on any atom is -0.306 e. The number of benzene rings is 1. The second-order valence-corrected chi connectivity index (χ2v) is 7.79. The van der Waals surface area contributed by atoms with Gasteiger partial charge in [-0.05, 0) is 36.6 Å². The average Bonchev–Trinajstić information content (AvgIpc) is 2.99. The zero-order valence-corrected chi connectivity index (χ0v) is 12.5. The summed E-state index contributed by atoms with van der Waals surface area (Å²) in [5.74, 6) is 2.47. The Morgan fingerprint density at radius 1 is 1.33 bits per heavy atom. The topological polar surface area (TPSA) is 12.0 Å². The predicted octanol–water partition coefficient (Wildman–Crippen LogP) is 4.10. The van der Waals surface area contributed by atoms with Crippen molar-refractivity contribution in [2.45, 2.75) is 48.4 Å². The van der Waals surface area contributed by atoms with Gasteiger partial charge in [0.15, 0.2) is 0 Å². The molecule has 0 spiro atoms. The van der Waals surface area contributed by atoms with Gasteiger partial charge in [-0.2, -0.15) is 11.8 Å². The SMILES string of the molecule is CCSC1CCC(NC2CSc3ccccc32)C1. The third-order valence-corrected chi connectivity index (χ3v) is 6.34. The molecule has 0 saturated heterocycles. The van der Waals surface area contributed by atoms with E-state index in [4.69, 9.17) is 0 Å². The third kappa shape index (κ3) is 2.73. The maximum Gasteiger partial charge on any atom is 0.0428 e. The van der Waals surface area contributed by atoms with Crippen LogP contribution >= 0.6 is 23.5 Å². The highest BCUT2D eigenvalue weighted by atomic mass is 32.2. The van der Waals surface area contributed by atoms with Gasteiger partial charge in [0, 0.05) is 28.0 Å². The molecular formula is C15H21NS2. The molecule has 2 aliphatic rings. The minimum absolute atomic E-state index is 0.585. The van der Waals surface area contributed by atoms with Crippen LogP contribution in [0.1, 0.15) is 37.8 Å². The lowest BCUT2D eigenvalue weighted by Gasteiger charge is -2.19. The van der Waals surface area contributed by atoms with Crippen molar-refractivity contribution < 1.29 is 0 Å². The fourth-order valence-corrected chi connectivity index (χ4v) is 5.38. The molecule has 1 fully saturated rings. The van der Waals surface area contributed by atoms with Crippen LogP contribution in [0.25, 0.3) is 0 Å². The molecule has 1 saturated carbocycles. The lowest BCUT2D eigenvalue weighted by molar-refractivity contribution is 0.467. The summed E-state index contributed by atoms with van der Waals surface area (Å²) in [7, 11) is 0. The van der Waals surface area contributed by atoms with Crippen LogP contribution in [0.2, 0.25) is 0 Å². The van der Waals surface area contributed by atoms with Gasteiger partial charge >= 0.3 is 0 Å². The van der Waals surface area contributed by atoms with Gasteiger partial charge in [-0.1, -0.05) is 25.1 Å². The Kier molecular flexibility index (Phi) is 4.22. The number of thioether (sulfide) groups is 2. The van der Waals surface area contributed by atoms with Crippen molar-refractivity contribution in [2.24, 2.45) is 0 Å².